The van der Waals surface area contributed by atoms with E-state index in [1.165, 1.54) is 0 Å². The van der Waals surface area contributed by atoms with Gasteiger partial charge in [-0.15, -0.1) is 0 Å². The maximum atomic E-state index is 12.9. The third-order valence-electron chi connectivity index (χ3n) is 4.38. The van der Waals surface area contributed by atoms with E-state index in [9.17, 15) is 23.1 Å². The standard InChI is InChI=1S/C19H11F3O3/c1-9-15-17(24)13-7-6-10(19(20,21)22)8-14(13)25-18(15)12-5-3-2-4-11(12)16(9)23/h2-8,23H,1H3. The summed E-state index contributed by atoms with van der Waals surface area (Å²) in [6.07, 6.45) is -4.53. The van der Waals surface area contributed by atoms with Crippen LogP contribution >= 0.6 is 0 Å². The number of aryl methyl sites for hydroxylation is 1. The summed E-state index contributed by atoms with van der Waals surface area (Å²) in [5, 5.41) is 11.5. The van der Waals surface area contributed by atoms with Crippen molar-refractivity contribution in [3.63, 3.8) is 0 Å². The van der Waals surface area contributed by atoms with Gasteiger partial charge in [0.25, 0.3) is 0 Å². The molecule has 6 heteroatoms. The Morgan fingerprint density at radius 3 is 2.36 bits per heavy atom. The SMILES string of the molecule is Cc1c(O)c2ccccc2c2oc3cc(C(F)(F)F)ccc3c(=O)c12. The topological polar surface area (TPSA) is 50.4 Å². The number of phenols is 1. The van der Waals surface area contributed by atoms with Gasteiger partial charge >= 0.3 is 6.18 Å². The Morgan fingerprint density at radius 1 is 1.00 bits per heavy atom. The van der Waals surface area contributed by atoms with Crippen molar-refractivity contribution in [2.75, 3.05) is 0 Å². The summed E-state index contributed by atoms with van der Waals surface area (Å²) < 4.78 is 44.5. The molecule has 0 aliphatic heterocycles. The van der Waals surface area contributed by atoms with E-state index < -0.39 is 17.2 Å². The monoisotopic (exact) mass is 344 g/mol. The minimum atomic E-state index is -4.53. The Labute approximate surface area is 138 Å². The molecule has 1 heterocycles. The lowest BCUT2D eigenvalue weighted by atomic mass is 9.99. The Hall–Kier alpha value is -3.02. The lowest BCUT2D eigenvalue weighted by Gasteiger charge is -2.11. The molecule has 0 saturated carbocycles. The molecule has 0 amide bonds. The summed E-state index contributed by atoms with van der Waals surface area (Å²) in [6, 6.07) is 9.51. The summed E-state index contributed by atoms with van der Waals surface area (Å²) in [7, 11) is 0. The molecule has 25 heavy (non-hydrogen) atoms. The lowest BCUT2D eigenvalue weighted by molar-refractivity contribution is -0.137. The molecule has 0 aliphatic rings. The molecule has 0 atom stereocenters. The molecular formula is C19H11F3O3. The first-order valence-corrected chi connectivity index (χ1v) is 7.47. The van der Waals surface area contributed by atoms with Gasteiger partial charge in [0.05, 0.1) is 16.3 Å². The van der Waals surface area contributed by atoms with Crippen LogP contribution in [0.2, 0.25) is 0 Å². The van der Waals surface area contributed by atoms with E-state index in [2.05, 4.69) is 0 Å². The highest BCUT2D eigenvalue weighted by Gasteiger charge is 2.31. The number of phenolic OH excluding ortho intramolecular Hbond substituents is 1. The van der Waals surface area contributed by atoms with Crippen LogP contribution in [0, 0.1) is 6.92 Å². The van der Waals surface area contributed by atoms with E-state index in [0.717, 1.165) is 18.2 Å². The van der Waals surface area contributed by atoms with Gasteiger partial charge in [-0.1, -0.05) is 24.3 Å². The number of rotatable bonds is 0. The van der Waals surface area contributed by atoms with Gasteiger partial charge in [0, 0.05) is 16.3 Å². The first-order valence-electron chi connectivity index (χ1n) is 7.47. The molecule has 0 fully saturated rings. The number of hydrogen-bond acceptors (Lipinski definition) is 3. The average Bonchev–Trinajstić information content (AvgIpc) is 2.58. The zero-order valence-electron chi connectivity index (χ0n) is 12.9. The number of benzene rings is 3. The van der Waals surface area contributed by atoms with Crippen molar-refractivity contribution < 1.29 is 22.7 Å². The number of hydrogen-bond donors (Lipinski definition) is 1. The normalized spacial score (nSPS) is 12.3. The smallest absolute Gasteiger partial charge is 0.416 e. The fourth-order valence-electron chi connectivity index (χ4n) is 3.11. The van der Waals surface area contributed by atoms with Crippen molar-refractivity contribution in [3.8, 4) is 5.75 Å². The summed E-state index contributed by atoms with van der Waals surface area (Å²) in [6.45, 7) is 1.58. The van der Waals surface area contributed by atoms with Gasteiger partial charge in [-0.25, -0.2) is 0 Å². The van der Waals surface area contributed by atoms with Crippen LogP contribution in [0.3, 0.4) is 0 Å². The van der Waals surface area contributed by atoms with Crippen LogP contribution in [0.15, 0.2) is 51.7 Å². The zero-order valence-corrected chi connectivity index (χ0v) is 12.9. The van der Waals surface area contributed by atoms with Gasteiger partial charge < -0.3 is 9.52 Å². The van der Waals surface area contributed by atoms with Crippen LogP contribution < -0.4 is 5.43 Å². The van der Waals surface area contributed by atoms with E-state index in [1.807, 2.05) is 0 Å². The molecular weight excluding hydrogens is 333 g/mol. The Balaban J connectivity index is 2.26. The van der Waals surface area contributed by atoms with Gasteiger partial charge in [-0.2, -0.15) is 13.2 Å². The molecule has 4 aromatic rings. The lowest BCUT2D eigenvalue weighted by Crippen LogP contribution is -2.08. The largest absolute Gasteiger partial charge is 0.507 e. The molecule has 1 N–H and O–H groups in total. The fraction of sp³-hybridized carbons (Fsp3) is 0.105. The summed E-state index contributed by atoms with van der Waals surface area (Å²) in [5.41, 5.74) is -0.986. The van der Waals surface area contributed by atoms with Crippen molar-refractivity contribution in [2.24, 2.45) is 0 Å². The first-order chi connectivity index (χ1) is 11.8. The quantitative estimate of drug-likeness (QED) is 0.355. The van der Waals surface area contributed by atoms with E-state index in [-0.39, 0.29) is 27.7 Å². The Morgan fingerprint density at radius 2 is 1.68 bits per heavy atom. The second kappa shape index (κ2) is 4.99. The second-order valence-corrected chi connectivity index (χ2v) is 5.86. The van der Waals surface area contributed by atoms with E-state index >= 15 is 0 Å². The number of alkyl halides is 3. The molecule has 126 valence electrons. The minimum absolute atomic E-state index is 0.0401. The third-order valence-corrected chi connectivity index (χ3v) is 4.38. The maximum Gasteiger partial charge on any atom is 0.416 e. The highest BCUT2D eigenvalue weighted by Crippen LogP contribution is 2.37. The Kier molecular flexibility index (Phi) is 3.09. The predicted molar refractivity (Wildman–Crippen MR) is 88.9 cm³/mol. The van der Waals surface area contributed by atoms with Gasteiger partial charge in [0.2, 0.25) is 5.43 Å². The van der Waals surface area contributed by atoms with Gasteiger partial charge in [0.1, 0.15) is 16.9 Å². The number of halogens is 3. The molecule has 3 aromatic carbocycles. The van der Waals surface area contributed by atoms with Crippen LogP contribution in [0.4, 0.5) is 13.2 Å². The van der Waals surface area contributed by atoms with Crippen LogP contribution in [-0.2, 0) is 6.18 Å². The second-order valence-electron chi connectivity index (χ2n) is 5.86. The van der Waals surface area contributed by atoms with Crippen molar-refractivity contribution >= 4 is 32.7 Å². The van der Waals surface area contributed by atoms with Crippen LogP contribution in [0.5, 0.6) is 5.75 Å². The van der Waals surface area contributed by atoms with Crippen molar-refractivity contribution in [1.29, 1.82) is 0 Å². The van der Waals surface area contributed by atoms with Crippen LogP contribution in [0.1, 0.15) is 11.1 Å². The number of fused-ring (bicyclic) bond motifs is 4. The number of aromatic hydroxyl groups is 1. The molecule has 0 unspecified atom stereocenters. The molecule has 0 aliphatic carbocycles. The van der Waals surface area contributed by atoms with Crippen LogP contribution in [-0.4, -0.2) is 5.11 Å². The molecule has 4 rings (SSSR count). The molecule has 0 bridgehead atoms. The molecule has 3 nitrogen and oxygen atoms in total. The predicted octanol–water partition coefficient (Wildman–Crippen LogP) is 5.13. The molecule has 0 saturated heterocycles. The molecule has 0 radical (unpaired) electrons. The van der Waals surface area contributed by atoms with Gasteiger partial charge in [-0.05, 0) is 25.1 Å². The first kappa shape index (κ1) is 15.5. The zero-order chi connectivity index (χ0) is 17.9. The molecule has 0 spiro atoms. The minimum Gasteiger partial charge on any atom is -0.507 e. The summed E-state index contributed by atoms with van der Waals surface area (Å²) in [4.78, 5) is 12.8. The summed E-state index contributed by atoms with van der Waals surface area (Å²) >= 11 is 0. The van der Waals surface area contributed by atoms with Crippen molar-refractivity contribution in [2.45, 2.75) is 13.1 Å². The van der Waals surface area contributed by atoms with Crippen molar-refractivity contribution in [3.05, 3.63) is 63.8 Å². The Bertz CT molecular complexity index is 1220. The highest BCUT2D eigenvalue weighted by atomic mass is 19.4. The van der Waals surface area contributed by atoms with Crippen molar-refractivity contribution in [1.82, 2.24) is 0 Å². The average molecular weight is 344 g/mol. The van der Waals surface area contributed by atoms with E-state index in [4.69, 9.17) is 4.42 Å². The van der Waals surface area contributed by atoms with E-state index in [0.29, 0.717) is 16.3 Å². The van der Waals surface area contributed by atoms with Crippen LogP contribution in [0.25, 0.3) is 32.7 Å². The molecule has 1 aromatic heterocycles. The summed E-state index contributed by atoms with van der Waals surface area (Å²) in [5.74, 6) is -0.0401. The third kappa shape index (κ3) is 2.17. The van der Waals surface area contributed by atoms with Gasteiger partial charge in [-0.3, -0.25) is 4.79 Å². The maximum absolute atomic E-state index is 12.9. The fourth-order valence-corrected chi connectivity index (χ4v) is 3.11. The van der Waals surface area contributed by atoms with Gasteiger partial charge in [0.15, 0.2) is 0 Å². The highest BCUT2D eigenvalue weighted by molar-refractivity contribution is 6.10. The van der Waals surface area contributed by atoms with E-state index in [1.54, 1.807) is 31.2 Å².